The molecular weight excluding hydrogens is 228 g/mol. The Morgan fingerprint density at radius 3 is 3.11 bits per heavy atom. The summed E-state index contributed by atoms with van der Waals surface area (Å²) in [5, 5.41) is 10.00. The van der Waals surface area contributed by atoms with Crippen molar-refractivity contribution >= 4 is 0 Å². The molecule has 0 radical (unpaired) electrons. The quantitative estimate of drug-likeness (QED) is 0.763. The Morgan fingerprint density at radius 1 is 1.50 bits per heavy atom. The second kappa shape index (κ2) is 4.94. The fourth-order valence-corrected chi connectivity index (χ4v) is 2.18. The molecule has 2 heterocycles. The third-order valence-electron chi connectivity index (χ3n) is 3.46. The Kier molecular flexibility index (Phi) is 3.15. The van der Waals surface area contributed by atoms with Gasteiger partial charge in [0.1, 0.15) is 23.7 Å². The van der Waals surface area contributed by atoms with Crippen LogP contribution in [0.1, 0.15) is 36.6 Å². The Morgan fingerprint density at radius 2 is 2.39 bits per heavy atom. The topological polar surface area (TPSA) is 66.7 Å². The van der Waals surface area contributed by atoms with Crippen LogP contribution in [0.15, 0.2) is 22.9 Å². The fourth-order valence-electron chi connectivity index (χ4n) is 2.18. The van der Waals surface area contributed by atoms with Crippen LogP contribution < -0.4 is 5.32 Å². The third-order valence-corrected chi connectivity index (χ3v) is 3.46. The molecule has 18 heavy (non-hydrogen) atoms. The average Bonchev–Trinajstić information content (AvgIpc) is 2.86. The third kappa shape index (κ3) is 2.61. The fraction of sp³-hybridized carbons (Fsp3) is 0.538. The lowest BCUT2D eigenvalue weighted by Crippen LogP contribution is -2.16. The highest BCUT2D eigenvalue weighted by molar-refractivity contribution is 5.17. The second-order valence-corrected chi connectivity index (χ2v) is 4.98. The molecule has 5 nitrogen and oxygen atoms in total. The van der Waals surface area contributed by atoms with Crippen molar-refractivity contribution in [2.75, 3.05) is 6.54 Å². The van der Waals surface area contributed by atoms with Crippen LogP contribution in [-0.2, 0) is 13.0 Å². The highest BCUT2D eigenvalue weighted by Crippen LogP contribution is 2.47. The van der Waals surface area contributed by atoms with Gasteiger partial charge < -0.3 is 9.73 Å². The molecule has 0 saturated heterocycles. The van der Waals surface area contributed by atoms with E-state index < -0.39 is 0 Å². The van der Waals surface area contributed by atoms with Gasteiger partial charge in [-0.1, -0.05) is 6.92 Å². The Hall–Kier alpha value is -1.62. The number of H-pyrrole nitrogens is 1. The monoisotopic (exact) mass is 246 g/mol. The number of aromatic amines is 1. The Bertz CT molecular complexity index is 491. The number of aromatic nitrogens is 3. The van der Waals surface area contributed by atoms with Gasteiger partial charge >= 0.3 is 0 Å². The minimum Gasteiger partial charge on any atom is -0.464 e. The highest BCUT2D eigenvalue weighted by Gasteiger charge is 2.36. The summed E-state index contributed by atoms with van der Waals surface area (Å²) in [4.78, 5) is 4.07. The maximum Gasteiger partial charge on any atom is 0.137 e. The van der Waals surface area contributed by atoms with Crippen LogP contribution in [0.2, 0.25) is 0 Å². The maximum absolute atomic E-state index is 5.82. The smallest absolute Gasteiger partial charge is 0.137 e. The van der Waals surface area contributed by atoms with Gasteiger partial charge in [0.2, 0.25) is 0 Å². The predicted octanol–water partition coefficient (Wildman–Crippen LogP) is 1.85. The molecule has 1 aliphatic carbocycles. The van der Waals surface area contributed by atoms with Crippen LogP contribution in [0.3, 0.4) is 0 Å². The molecule has 96 valence electrons. The molecule has 2 unspecified atom stereocenters. The zero-order valence-corrected chi connectivity index (χ0v) is 10.5. The van der Waals surface area contributed by atoms with Crippen molar-refractivity contribution in [3.63, 3.8) is 0 Å². The zero-order valence-electron chi connectivity index (χ0n) is 10.5. The van der Waals surface area contributed by atoms with E-state index >= 15 is 0 Å². The molecule has 1 saturated carbocycles. The van der Waals surface area contributed by atoms with Crippen LogP contribution in [-0.4, -0.2) is 21.7 Å². The summed E-state index contributed by atoms with van der Waals surface area (Å²) >= 11 is 0. The molecule has 2 aromatic rings. The van der Waals surface area contributed by atoms with E-state index in [4.69, 9.17) is 4.42 Å². The largest absolute Gasteiger partial charge is 0.464 e. The molecular formula is C13H18N4O. The summed E-state index contributed by atoms with van der Waals surface area (Å²) in [6.07, 6.45) is 3.66. The van der Waals surface area contributed by atoms with E-state index in [2.05, 4.69) is 39.6 Å². The SMILES string of the molecule is CC1CC1c1ccc(CNCCc2ncn[nH]2)o1. The van der Waals surface area contributed by atoms with Crippen molar-refractivity contribution in [2.24, 2.45) is 5.92 Å². The lowest BCUT2D eigenvalue weighted by Gasteiger charge is -2.00. The highest BCUT2D eigenvalue weighted by atomic mass is 16.3. The summed E-state index contributed by atoms with van der Waals surface area (Å²) in [5.74, 6) is 4.53. The number of rotatable bonds is 6. The van der Waals surface area contributed by atoms with Crippen LogP contribution in [0.5, 0.6) is 0 Å². The minimum absolute atomic E-state index is 0.660. The van der Waals surface area contributed by atoms with Crippen LogP contribution in [0.25, 0.3) is 0 Å². The first-order chi connectivity index (χ1) is 8.83. The van der Waals surface area contributed by atoms with Crippen molar-refractivity contribution in [3.05, 3.63) is 35.8 Å². The summed E-state index contributed by atoms with van der Waals surface area (Å²) in [6, 6.07) is 4.18. The van der Waals surface area contributed by atoms with Gasteiger partial charge in [-0.3, -0.25) is 5.10 Å². The van der Waals surface area contributed by atoms with Gasteiger partial charge in [-0.2, -0.15) is 5.10 Å². The molecule has 0 aliphatic heterocycles. The molecule has 1 fully saturated rings. The van der Waals surface area contributed by atoms with Crippen molar-refractivity contribution in [2.45, 2.75) is 32.2 Å². The van der Waals surface area contributed by atoms with Crippen molar-refractivity contribution < 1.29 is 4.42 Å². The van der Waals surface area contributed by atoms with E-state index in [9.17, 15) is 0 Å². The van der Waals surface area contributed by atoms with Gasteiger partial charge in [0.05, 0.1) is 6.54 Å². The molecule has 2 atom stereocenters. The molecule has 2 aromatic heterocycles. The molecule has 2 N–H and O–H groups in total. The van der Waals surface area contributed by atoms with Gasteiger partial charge in [-0.15, -0.1) is 0 Å². The first-order valence-electron chi connectivity index (χ1n) is 6.46. The molecule has 0 aromatic carbocycles. The van der Waals surface area contributed by atoms with Gasteiger partial charge in [0, 0.05) is 18.9 Å². The van der Waals surface area contributed by atoms with Gasteiger partial charge in [0.15, 0.2) is 0 Å². The van der Waals surface area contributed by atoms with E-state index in [0.717, 1.165) is 42.8 Å². The summed E-state index contributed by atoms with van der Waals surface area (Å²) in [6.45, 7) is 3.91. The first kappa shape index (κ1) is 11.5. The van der Waals surface area contributed by atoms with Crippen LogP contribution in [0.4, 0.5) is 0 Å². The number of hydrogen-bond donors (Lipinski definition) is 2. The Balaban J connectivity index is 1.41. The number of nitrogens with zero attached hydrogens (tertiary/aromatic N) is 2. The maximum atomic E-state index is 5.82. The molecule has 0 spiro atoms. The number of furan rings is 1. The predicted molar refractivity (Wildman–Crippen MR) is 67.0 cm³/mol. The Labute approximate surface area is 106 Å². The minimum atomic E-state index is 0.660. The van der Waals surface area contributed by atoms with Crippen LogP contribution in [0, 0.1) is 5.92 Å². The van der Waals surface area contributed by atoms with Gasteiger partial charge in [0.25, 0.3) is 0 Å². The van der Waals surface area contributed by atoms with Crippen molar-refractivity contribution in [3.8, 4) is 0 Å². The van der Waals surface area contributed by atoms with E-state index in [1.165, 1.54) is 12.7 Å². The van der Waals surface area contributed by atoms with Crippen molar-refractivity contribution in [1.82, 2.24) is 20.5 Å². The molecule has 5 heteroatoms. The lowest BCUT2D eigenvalue weighted by atomic mass is 10.3. The lowest BCUT2D eigenvalue weighted by molar-refractivity contribution is 0.444. The van der Waals surface area contributed by atoms with E-state index in [1.807, 2.05) is 0 Å². The van der Waals surface area contributed by atoms with Crippen LogP contribution >= 0.6 is 0 Å². The number of hydrogen-bond acceptors (Lipinski definition) is 4. The summed E-state index contributed by atoms with van der Waals surface area (Å²) in [7, 11) is 0. The zero-order chi connectivity index (χ0) is 12.4. The van der Waals surface area contributed by atoms with E-state index in [0.29, 0.717) is 5.92 Å². The molecule has 3 rings (SSSR count). The molecule has 0 bridgehead atoms. The first-order valence-corrected chi connectivity index (χ1v) is 6.46. The molecule has 0 amide bonds. The van der Waals surface area contributed by atoms with E-state index in [1.54, 1.807) is 0 Å². The van der Waals surface area contributed by atoms with Gasteiger partial charge in [-0.25, -0.2) is 4.98 Å². The van der Waals surface area contributed by atoms with E-state index in [-0.39, 0.29) is 0 Å². The van der Waals surface area contributed by atoms with Gasteiger partial charge in [-0.05, 0) is 24.5 Å². The average molecular weight is 246 g/mol. The van der Waals surface area contributed by atoms with Crippen molar-refractivity contribution in [1.29, 1.82) is 0 Å². The molecule has 1 aliphatic rings. The normalized spacial score (nSPS) is 22.3. The summed E-state index contributed by atoms with van der Waals surface area (Å²) in [5.41, 5.74) is 0. The second-order valence-electron chi connectivity index (χ2n) is 4.98. The standard InChI is InChI=1S/C13H18N4O/c1-9-6-11(9)12-3-2-10(18-12)7-14-5-4-13-15-8-16-17-13/h2-3,8-9,11,14H,4-7H2,1H3,(H,15,16,17). The number of nitrogens with one attached hydrogen (secondary N) is 2. The summed E-state index contributed by atoms with van der Waals surface area (Å²) < 4.78 is 5.82.